The maximum Gasteiger partial charge on any atom is 0.338 e. The van der Waals surface area contributed by atoms with Gasteiger partial charge in [0.05, 0.1) is 25.4 Å². The molecule has 186 valence electrons. The average Bonchev–Trinajstić information content (AvgIpc) is 3.26. The lowest BCUT2D eigenvalue weighted by molar-refractivity contribution is -0.160. The normalized spacial score (nSPS) is 20.7. The molecule has 0 aliphatic carbocycles. The van der Waals surface area contributed by atoms with Gasteiger partial charge in [-0.2, -0.15) is 0 Å². The lowest BCUT2D eigenvalue weighted by Gasteiger charge is -2.36. The number of carbonyl (C=O) groups is 2. The summed E-state index contributed by atoms with van der Waals surface area (Å²) < 4.78 is 30.4. The first-order chi connectivity index (χ1) is 16.9. The summed E-state index contributed by atoms with van der Waals surface area (Å²) in [7, 11) is 0. The van der Waals surface area contributed by atoms with Gasteiger partial charge in [0.25, 0.3) is 6.47 Å². The standard InChI is InChI=1S/C22H23BrFN5O5S/c1-3-33-22(31)18-16(9-29-6-7-32-10-17(29)34-11-30)25-20(21-28-27-12(2)35-21)26-19(18)14-5-4-13(24)8-15(14)23/h4-5,8,11,17,19H,3,6-7,9-10H2,1-2H3,(H,25,26). The molecule has 1 aromatic carbocycles. The van der Waals surface area contributed by atoms with Crippen LogP contribution in [0.5, 0.6) is 0 Å². The molecule has 2 aliphatic rings. The van der Waals surface area contributed by atoms with Crippen LogP contribution in [0, 0.1) is 12.7 Å². The molecule has 0 saturated carbocycles. The zero-order chi connectivity index (χ0) is 24.9. The summed E-state index contributed by atoms with van der Waals surface area (Å²) in [5.74, 6) is -0.572. The molecule has 1 saturated heterocycles. The summed E-state index contributed by atoms with van der Waals surface area (Å²) in [5.41, 5.74) is 1.35. The molecule has 2 unspecified atom stereocenters. The zero-order valence-electron chi connectivity index (χ0n) is 19.0. The van der Waals surface area contributed by atoms with Crippen molar-refractivity contribution in [1.82, 2.24) is 20.4 Å². The van der Waals surface area contributed by atoms with Crippen LogP contribution in [-0.2, 0) is 23.8 Å². The highest BCUT2D eigenvalue weighted by Crippen LogP contribution is 2.37. The third-order valence-electron chi connectivity index (χ3n) is 5.37. The molecule has 1 N–H and O–H groups in total. The molecule has 1 fully saturated rings. The van der Waals surface area contributed by atoms with E-state index in [4.69, 9.17) is 19.2 Å². The summed E-state index contributed by atoms with van der Waals surface area (Å²) in [6.07, 6.45) is -0.624. The van der Waals surface area contributed by atoms with Crippen LogP contribution >= 0.6 is 27.3 Å². The highest BCUT2D eigenvalue weighted by molar-refractivity contribution is 9.10. The van der Waals surface area contributed by atoms with Gasteiger partial charge in [0.2, 0.25) is 0 Å². The van der Waals surface area contributed by atoms with Gasteiger partial charge < -0.3 is 19.5 Å². The van der Waals surface area contributed by atoms with E-state index in [1.165, 1.54) is 23.5 Å². The SMILES string of the molecule is CCOC(=O)C1=C(CN2CCOCC2OC=O)NC(c2nnc(C)s2)=NC1c1ccc(F)cc1Br. The Labute approximate surface area is 213 Å². The van der Waals surface area contributed by atoms with E-state index in [9.17, 15) is 14.0 Å². The number of ether oxygens (including phenoxy) is 3. The van der Waals surface area contributed by atoms with Crippen molar-refractivity contribution in [2.24, 2.45) is 4.99 Å². The van der Waals surface area contributed by atoms with Crippen molar-refractivity contribution in [2.45, 2.75) is 26.1 Å². The Kier molecular flexibility index (Phi) is 8.21. The molecular formula is C22H23BrFN5O5S. The number of aliphatic imine (C=N–C) groups is 1. The number of hydrogen-bond donors (Lipinski definition) is 1. The number of halogens is 2. The van der Waals surface area contributed by atoms with Crippen LogP contribution in [0.1, 0.15) is 28.5 Å². The van der Waals surface area contributed by atoms with E-state index in [-0.39, 0.29) is 25.3 Å². The minimum absolute atomic E-state index is 0.160. The zero-order valence-corrected chi connectivity index (χ0v) is 21.4. The monoisotopic (exact) mass is 567 g/mol. The number of esters is 1. The second kappa shape index (κ2) is 11.3. The highest BCUT2D eigenvalue weighted by Gasteiger charge is 2.36. The van der Waals surface area contributed by atoms with Crippen molar-refractivity contribution in [1.29, 1.82) is 0 Å². The van der Waals surface area contributed by atoms with Gasteiger partial charge in [-0.1, -0.05) is 33.3 Å². The summed E-state index contributed by atoms with van der Waals surface area (Å²) in [5, 5.41) is 12.8. The number of benzene rings is 1. The van der Waals surface area contributed by atoms with Gasteiger partial charge in [-0.3, -0.25) is 14.7 Å². The van der Waals surface area contributed by atoms with Gasteiger partial charge >= 0.3 is 5.97 Å². The lowest BCUT2D eigenvalue weighted by atomic mass is 9.95. The van der Waals surface area contributed by atoms with Crippen LogP contribution in [0.4, 0.5) is 4.39 Å². The van der Waals surface area contributed by atoms with E-state index in [1.54, 1.807) is 13.0 Å². The number of carbonyl (C=O) groups excluding carboxylic acids is 2. The second-order valence-corrected chi connectivity index (χ2v) is 9.68. The maximum absolute atomic E-state index is 13.9. The minimum Gasteiger partial charge on any atom is -0.463 e. The third kappa shape index (κ3) is 5.74. The van der Waals surface area contributed by atoms with Gasteiger partial charge in [-0.05, 0) is 31.5 Å². The van der Waals surface area contributed by atoms with Crippen LogP contribution in [0.15, 0.2) is 38.9 Å². The fraction of sp³-hybridized carbons (Fsp3) is 0.409. The molecule has 10 nitrogen and oxygen atoms in total. The molecule has 35 heavy (non-hydrogen) atoms. The Bertz CT molecular complexity index is 1170. The quantitative estimate of drug-likeness (QED) is 0.379. The van der Waals surface area contributed by atoms with E-state index in [1.807, 2.05) is 11.8 Å². The Morgan fingerprint density at radius 1 is 1.43 bits per heavy atom. The third-order valence-corrected chi connectivity index (χ3v) is 6.90. The van der Waals surface area contributed by atoms with Crippen molar-refractivity contribution in [3.8, 4) is 0 Å². The molecule has 2 atom stereocenters. The molecular weight excluding hydrogens is 545 g/mol. The Hall–Kier alpha value is -2.74. The van der Waals surface area contributed by atoms with Crippen LogP contribution in [0.2, 0.25) is 0 Å². The molecule has 0 amide bonds. The molecule has 13 heteroatoms. The fourth-order valence-electron chi connectivity index (χ4n) is 3.81. The van der Waals surface area contributed by atoms with Crippen LogP contribution in [0.3, 0.4) is 0 Å². The van der Waals surface area contributed by atoms with Crippen molar-refractivity contribution in [3.05, 3.63) is 55.3 Å². The predicted octanol–water partition coefficient (Wildman–Crippen LogP) is 2.49. The summed E-state index contributed by atoms with van der Waals surface area (Å²) in [6.45, 7) is 5.39. The topological polar surface area (TPSA) is 115 Å². The summed E-state index contributed by atoms with van der Waals surface area (Å²) in [6, 6.07) is 3.39. The lowest BCUT2D eigenvalue weighted by Crippen LogP contribution is -2.50. The molecule has 0 spiro atoms. The van der Waals surface area contributed by atoms with Gasteiger partial charge in [-0.25, -0.2) is 9.18 Å². The van der Waals surface area contributed by atoms with Crippen molar-refractivity contribution >= 4 is 45.5 Å². The first-order valence-corrected chi connectivity index (χ1v) is 12.4. The van der Waals surface area contributed by atoms with Crippen LogP contribution in [-0.4, -0.2) is 72.5 Å². The first-order valence-electron chi connectivity index (χ1n) is 10.8. The van der Waals surface area contributed by atoms with Gasteiger partial charge in [0.1, 0.15) is 16.9 Å². The number of aryl methyl sites for hydroxylation is 1. The van der Waals surface area contributed by atoms with Crippen molar-refractivity contribution in [2.75, 3.05) is 32.9 Å². The first kappa shape index (κ1) is 25.4. The molecule has 2 aromatic rings. The molecule has 0 radical (unpaired) electrons. The molecule has 3 heterocycles. The summed E-state index contributed by atoms with van der Waals surface area (Å²) >= 11 is 4.76. The Morgan fingerprint density at radius 2 is 2.26 bits per heavy atom. The largest absolute Gasteiger partial charge is 0.463 e. The number of hydrogen-bond acceptors (Lipinski definition) is 11. The van der Waals surface area contributed by atoms with E-state index >= 15 is 0 Å². The minimum atomic E-state index is -0.814. The van der Waals surface area contributed by atoms with Crippen LogP contribution < -0.4 is 5.32 Å². The van der Waals surface area contributed by atoms with Gasteiger partial charge in [0.15, 0.2) is 17.1 Å². The van der Waals surface area contributed by atoms with E-state index in [0.29, 0.717) is 46.2 Å². The van der Waals surface area contributed by atoms with Crippen molar-refractivity contribution < 1.29 is 28.2 Å². The predicted molar refractivity (Wildman–Crippen MR) is 128 cm³/mol. The van der Waals surface area contributed by atoms with Crippen molar-refractivity contribution in [3.63, 3.8) is 0 Å². The summed E-state index contributed by atoms with van der Waals surface area (Å²) in [4.78, 5) is 30.9. The van der Waals surface area contributed by atoms with Gasteiger partial charge in [-0.15, -0.1) is 10.2 Å². The number of nitrogens with one attached hydrogen (secondary N) is 1. The molecule has 1 aromatic heterocycles. The Morgan fingerprint density at radius 3 is 2.94 bits per heavy atom. The number of amidine groups is 1. The smallest absolute Gasteiger partial charge is 0.338 e. The van der Waals surface area contributed by atoms with E-state index in [2.05, 4.69) is 31.4 Å². The number of nitrogens with zero attached hydrogens (tertiary/aromatic N) is 4. The Balaban J connectivity index is 1.83. The van der Waals surface area contributed by atoms with Crippen LogP contribution in [0.25, 0.3) is 0 Å². The highest BCUT2D eigenvalue weighted by atomic mass is 79.9. The van der Waals surface area contributed by atoms with Gasteiger partial charge in [0, 0.05) is 23.3 Å². The molecule has 4 rings (SSSR count). The number of rotatable bonds is 8. The molecule has 2 aliphatic heterocycles. The fourth-order valence-corrected chi connectivity index (χ4v) is 5.02. The van der Waals surface area contributed by atoms with E-state index < -0.39 is 24.1 Å². The van der Waals surface area contributed by atoms with E-state index in [0.717, 1.165) is 5.01 Å². The second-order valence-electron chi connectivity index (χ2n) is 7.64. The number of aromatic nitrogens is 2. The maximum atomic E-state index is 13.9. The number of morpholine rings is 1. The average molecular weight is 568 g/mol. The molecule has 0 bridgehead atoms.